The highest BCUT2D eigenvalue weighted by molar-refractivity contribution is 7.93. The molecule has 0 N–H and O–H groups in total. The van der Waals surface area contributed by atoms with Crippen LogP contribution in [0.2, 0.25) is 5.02 Å². The van der Waals surface area contributed by atoms with E-state index in [2.05, 4.69) is 13.2 Å². The summed E-state index contributed by atoms with van der Waals surface area (Å²) in [5.74, 6) is -0.817. The molecule has 2 aromatic carbocycles. The van der Waals surface area contributed by atoms with E-state index in [1.54, 1.807) is 4.90 Å². The maximum atomic E-state index is 13.4. The highest BCUT2D eigenvalue weighted by atomic mass is 35.5. The fourth-order valence-electron chi connectivity index (χ4n) is 2.86. The third-order valence-electron chi connectivity index (χ3n) is 4.29. The van der Waals surface area contributed by atoms with Gasteiger partial charge in [-0.2, -0.15) is 0 Å². The lowest BCUT2D eigenvalue weighted by molar-refractivity contribution is 0.0778. The van der Waals surface area contributed by atoms with Crippen molar-refractivity contribution >= 4 is 33.2 Å². The number of hydrogen-bond acceptors (Lipinski definition) is 3. The summed E-state index contributed by atoms with van der Waals surface area (Å²) in [6, 6.07) is 9.17. The number of carbonyl (C=O) groups excluding carboxylic acids is 1. The fraction of sp³-hybridized carbons (Fsp3) is 0.227. The summed E-state index contributed by atoms with van der Waals surface area (Å²) in [6.45, 7) is 11.8. The van der Waals surface area contributed by atoms with E-state index in [9.17, 15) is 17.6 Å². The first-order valence-corrected chi connectivity index (χ1v) is 11.1. The van der Waals surface area contributed by atoms with E-state index in [4.69, 9.17) is 11.6 Å². The summed E-state index contributed by atoms with van der Waals surface area (Å²) in [5, 5.41) is -0.0225. The molecule has 0 fully saturated rings. The number of rotatable bonds is 9. The van der Waals surface area contributed by atoms with Crippen molar-refractivity contribution in [1.29, 1.82) is 0 Å². The molecule has 2 aromatic rings. The SMILES string of the molecule is C=CCN(c1ccc(F)cc1)S(=O)(=O)c1cc(C(=O)N(CC)CC(=C)C)ccc1Cl. The molecule has 0 atom stereocenters. The predicted molar refractivity (Wildman–Crippen MR) is 119 cm³/mol. The molecule has 8 heteroatoms. The first-order chi connectivity index (χ1) is 14.1. The van der Waals surface area contributed by atoms with Gasteiger partial charge < -0.3 is 4.90 Å². The van der Waals surface area contributed by atoms with Crippen LogP contribution in [0.5, 0.6) is 0 Å². The summed E-state index contributed by atoms with van der Waals surface area (Å²) in [5.41, 5.74) is 1.25. The van der Waals surface area contributed by atoms with Crippen LogP contribution in [0.3, 0.4) is 0 Å². The molecule has 0 heterocycles. The molecule has 0 saturated carbocycles. The van der Waals surface area contributed by atoms with Crippen LogP contribution in [-0.4, -0.2) is 38.9 Å². The van der Waals surface area contributed by atoms with Crippen LogP contribution in [0.1, 0.15) is 24.2 Å². The first-order valence-electron chi connectivity index (χ1n) is 9.24. The standard InChI is InChI=1S/C22H24ClFN2O3S/c1-5-13-26(19-10-8-18(24)9-11-19)30(28,29)21-14-17(7-12-20(21)23)22(27)25(6-2)15-16(3)4/h5,7-12,14H,1,3,6,13,15H2,2,4H3. The van der Waals surface area contributed by atoms with Gasteiger partial charge >= 0.3 is 0 Å². The molecule has 30 heavy (non-hydrogen) atoms. The molecule has 0 aliphatic heterocycles. The van der Waals surface area contributed by atoms with Crippen molar-refractivity contribution in [2.75, 3.05) is 23.9 Å². The molecule has 0 radical (unpaired) electrons. The van der Waals surface area contributed by atoms with Gasteiger partial charge in [0.25, 0.3) is 15.9 Å². The molecule has 0 spiro atoms. The molecule has 2 rings (SSSR count). The second-order valence-electron chi connectivity index (χ2n) is 6.72. The van der Waals surface area contributed by atoms with Gasteiger partial charge in [-0.05, 0) is 56.3 Å². The molecule has 0 saturated heterocycles. The molecular formula is C22H24ClFN2O3S. The van der Waals surface area contributed by atoms with E-state index in [-0.39, 0.29) is 33.6 Å². The number of sulfonamides is 1. The minimum atomic E-state index is -4.15. The molecular weight excluding hydrogens is 427 g/mol. The lowest BCUT2D eigenvalue weighted by atomic mass is 10.2. The molecule has 0 aliphatic carbocycles. The third kappa shape index (κ3) is 5.29. The lowest BCUT2D eigenvalue weighted by Crippen LogP contribution is -2.33. The van der Waals surface area contributed by atoms with Gasteiger partial charge in [-0.15, -0.1) is 6.58 Å². The van der Waals surface area contributed by atoms with Gasteiger partial charge in [0.2, 0.25) is 0 Å². The zero-order valence-electron chi connectivity index (χ0n) is 16.9. The Bertz CT molecular complexity index is 1050. The van der Waals surface area contributed by atoms with Crippen molar-refractivity contribution in [3.8, 4) is 0 Å². The Morgan fingerprint density at radius 3 is 2.37 bits per heavy atom. The lowest BCUT2D eigenvalue weighted by Gasteiger charge is -2.25. The second-order valence-corrected chi connectivity index (χ2v) is 8.96. The Balaban J connectivity index is 2.53. The quantitative estimate of drug-likeness (QED) is 0.510. The zero-order valence-corrected chi connectivity index (χ0v) is 18.5. The largest absolute Gasteiger partial charge is 0.335 e. The van der Waals surface area contributed by atoms with E-state index in [0.29, 0.717) is 13.1 Å². The third-order valence-corrected chi connectivity index (χ3v) is 6.56. The van der Waals surface area contributed by atoms with Gasteiger partial charge in [0.1, 0.15) is 10.7 Å². The van der Waals surface area contributed by atoms with Gasteiger partial charge in [-0.3, -0.25) is 9.10 Å². The first kappa shape index (κ1) is 23.6. The number of carbonyl (C=O) groups is 1. The number of halogens is 2. The van der Waals surface area contributed by atoms with Crippen molar-refractivity contribution in [3.05, 3.63) is 83.7 Å². The average molecular weight is 451 g/mol. The Morgan fingerprint density at radius 2 is 1.83 bits per heavy atom. The van der Waals surface area contributed by atoms with E-state index < -0.39 is 15.8 Å². The summed E-state index contributed by atoms with van der Waals surface area (Å²) in [4.78, 5) is 14.2. The highest BCUT2D eigenvalue weighted by Gasteiger charge is 2.28. The highest BCUT2D eigenvalue weighted by Crippen LogP contribution is 2.30. The summed E-state index contributed by atoms with van der Waals surface area (Å²) >= 11 is 6.21. The minimum Gasteiger partial charge on any atom is -0.335 e. The number of amides is 1. The van der Waals surface area contributed by atoms with Gasteiger partial charge in [-0.1, -0.05) is 29.8 Å². The number of anilines is 1. The number of nitrogens with zero attached hydrogens (tertiary/aromatic N) is 2. The molecule has 5 nitrogen and oxygen atoms in total. The van der Waals surface area contributed by atoms with Crippen molar-refractivity contribution in [1.82, 2.24) is 4.90 Å². The summed E-state index contributed by atoms with van der Waals surface area (Å²) < 4.78 is 41.1. The Labute approximate surface area is 182 Å². The zero-order chi connectivity index (χ0) is 22.5. The van der Waals surface area contributed by atoms with Crippen molar-refractivity contribution < 1.29 is 17.6 Å². The van der Waals surface area contributed by atoms with E-state index >= 15 is 0 Å². The molecule has 1 amide bonds. The maximum Gasteiger partial charge on any atom is 0.266 e. The van der Waals surface area contributed by atoms with Crippen LogP contribution in [0.25, 0.3) is 0 Å². The Morgan fingerprint density at radius 1 is 1.20 bits per heavy atom. The molecule has 0 unspecified atom stereocenters. The van der Waals surface area contributed by atoms with Gasteiger partial charge in [0.15, 0.2) is 0 Å². The van der Waals surface area contributed by atoms with Crippen LogP contribution in [0.15, 0.2) is 72.2 Å². The molecule has 0 aliphatic rings. The van der Waals surface area contributed by atoms with E-state index in [0.717, 1.165) is 9.88 Å². The fourth-order valence-corrected chi connectivity index (χ4v) is 4.79. The van der Waals surface area contributed by atoms with Gasteiger partial charge in [0, 0.05) is 18.7 Å². The molecule has 0 bridgehead atoms. The topological polar surface area (TPSA) is 57.7 Å². The van der Waals surface area contributed by atoms with Crippen molar-refractivity contribution in [2.45, 2.75) is 18.7 Å². The van der Waals surface area contributed by atoms with Crippen LogP contribution >= 0.6 is 11.6 Å². The van der Waals surface area contributed by atoms with E-state index in [1.807, 2.05) is 13.8 Å². The van der Waals surface area contributed by atoms with Crippen LogP contribution < -0.4 is 4.31 Å². The van der Waals surface area contributed by atoms with Gasteiger partial charge in [-0.25, -0.2) is 12.8 Å². The molecule has 160 valence electrons. The van der Waals surface area contributed by atoms with Crippen molar-refractivity contribution in [2.24, 2.45) is 0 Å². The molecule has 0 aromatic heterocycles. The smallest absolute Gasteiger partial charge is 0.266 e. The Kier molecular flexibility index (Phi) is 7.81. The number of hydrogen-bond donors (Lipinski definition) is 0. The predicted octanol–water partition coefficient (Wildman–Crippen LogP) is 4.90. The normalized spacial score (nSPS) is 11.1. The summed E-state index contributed by atoms with van der Waals surface area (Å²) in [6.07, 6.45) is 1.41. The maximum absolute atomic E-state index is 13.4. The van der Waals surface area contributed by atoms with Crippen molar-refractivity contribution in [3.63, 3.8) is 0 Å². The average Bonchev–Trinajstić information content (AvgIpc) is 2.70. The second kappa shape index (κ2) is 9.91. The monoisotopic (exact) mass is 450 g/mol. The van der Waals surface area contributed by atoms with Crippen LogP contribution in [0.4, 0.5) is 10.1 Å². The Hall–Kier alpha value is -2.64. The van der Waals surface area contributed by atoms with Crippen LogP contribution in [0, 0.1) is 5.82 Å². The van der Waals surface area contributed by atoms with Gasteiger partial charge in [0.05, 0.1) is 17.3 Å². The number of benzene rings is 2. The number of likely N-dealkylation sites (N-methyl/N-ethyl adjacent to an activating group) is 1. The van der Waals surface area contributed by atoms with Crippen LogP contribution in [-0.2, 0) is 10.0 Å². The summed E-state index contributed by atoms with van der Waals surface area (Å²) in [7, 11) is -4.15. The minimum absolute atomic E-state index is 0.0225. The van der Waals surface area contributed by atoms with E-state index in [1.165, 1.54) is 48.5 Å².